The number of carbonyl (C=O) groups excluding carboxylic acids is 1. The molecule has 5 heteroatoms. The van der Waals surface area contributed by atoms with E-state index >= 15 is 0 Å². The molecule has 0 bridgehead atoms. The number of hydrogen-bond donors (Lipinski definition) is 2. The lowest BCUT2D eigenvalue weighted by Crippen LogP contribution is -2.30. The largest absolute Gasteiger partial charge is 0.374 e. The predicted molar refractivity (Wildman–Crippen MR) is 63.2 cm³/mol. The van der Waals surface area contributed by atoms with Crippen LogP contribution in [0.4, 0.5) is 10.1 Å². The van der Waals surface area contributed by atoms with Gasteiger partial charge in [-0.3, -0.25) is 4.79 Å². The van der Waals surface area contributed by atoms with Crippen LogP contribution in [0.25, 0.3) is 0 Å². The number of nitrogens with one attached hydrogen (secondary N) is 2. The summed E-state index contributed by atoms with van der Waals surface area (Å²) in [5.74, 6) is -0.700. The Morgan fingerprint density at radius 1 is 1.50 bits per heavy atom. The highest BCUT2D eigenvalue weighted by molar-refractivity contribution is 6.31. The molecule has 1 amide bonds. The van der Waals surface area contributed by atoms with Gasteiger partial charge in [0.15, 0.2) is 5.82 Å². The average Bonchev–Trinajstić information content (AvgIpc) is 2.28. The van der Waals surface area contributed by atoms with Crippen molar-refractivity contribution in [1.29, 1.82) is 0 Å². The maximum absolute atomic E-state index is 13.4. The lowest BCUT2D eigenvalue weighted by Gasteiger charge is -2.08. The normalized spacial score (nSPS) is 9.94. The first-order chi connectivity index (χ1) is 7.65. The molecule has 2 N–H and O–H groups in total. The Hall–Kier alpha value is -1.29. The van der Waals surface area contributed by atoms with E-state index in [0.717, 1.165) is 6.42 Å². The van der Waals surface area contributed by atoms with Gasteiger partial charge < -0.3 is 10.6 Å². The third-order valence-corrected chi connectivity index (χ3v) is 2.26. The third-order valence-electron chi connectivity index (χ3n) is 1.96. The molecule has 0 fully saturated rings. The first-order valence-electron chi connectivity index (χ1n) is 5.09. The van der Waals surface area contributed by atoms with Crippen molar-refractivity contribution >= 4 is 23.2 Å². The first-order valence-corrected chi connectivity index (χ1v) is 5.47. The predicted octanol–water partition coefficient (Wildman–Crippen LogP) is 2.42. The summed E-state index contributed by atoms with van der Waals surface area (Å²) in [5, 5.41) is 5.41. The Morgan fingerprint density at radius 3 is 2.94 bits per heavy atom. The smallest absolute Gasteiger partial charge is 0.239 e. The summed E-state index contributed by atoms with van der Waals surface area (Å²) in [5.41, 5.74) is 0.235. The second kappa shape index (κ2) is 6.33. The van der Waals surface area contributed by atoms with Crippen molar-refractivity contribution in [2.75, 3.05) is 18.4 Å². The van der Waals surface area contributed by atoms with Crippen molar-refractivity contribution < 1.29 is 9.18 Å². The van der Waals surface area contributed by atoms with Crippen LogP contribution in [0.3, 0.4) is 0 Å². The summed E-state index contributed by atoms with van der Waals surface area (Å²) in [6, 6.07) is 4.62. The van der Waals surface area contributed by atoms with Gasteiger partial charge in [0.05, 0.1) is 17.3 Å². The Bertz CT molecular complexity index is 371. The summed E-state index contributed by atoms with van der Waals surface area (Å²) in [7, 11) is 0. The summed E-state index contributed by atoms with van der Waals surface area (Å²) in [6.45, 7) is 2.63. The van der Waals surface area contributed by atoms with E-state index in [1.165, 1.54) is 12.1 Å². The molecule has 0 atom stereocenters. The average molecular weight is 245 g/mol. The van der Waals surface area contributed by atoms with Gasteiger partial charge in [-0.1, -0.05) is 24.6 Å². The standard InChI is InChI=1S/C11H14ClFN2O/c1-2-6-14-10(16)7-15-9-5-3-4-8(12)11(9)13/h3-5,15H,2,6-7H2,1H3,(H,14,16). The molecule has 88 valence electrons. The number of benzene rings is 1. The van der Waals surface area contributed by atoms with Crippen LogP contribution in [0.5, 0.6) is 0 Å². The number of carbonyl (C=O) groups is 1. The molecule has 0 spiro atoms. The quantitative estimate of drug-likeness (QED) is 0.835. The minimum atomic E-state index is -0.535. The van der Waals surface area contributed by atoms with E-state index in [-0.39, 0.29) is 23.2 Å². The summed E-state index contributed by atoms with van der Waals surface area (Å²) < 4.78 is 13.4. The van der Waals surface area contributed by atoms with Crippen LogP contribution in [-0.2, 0) is 4.79 Å². The van der Waals surface area contributed by atoms with Gasteiger partial charge in [-0.25, -0.2) is 4.39 Å². The molecule has 1 aromatic rings. The molecular weight excluding hydrogens is 231 g/mol. The van der Waals surface area contributed by atoms with Crippen molar-refractivity contribution in [2.24, 2.45) is 0 Å². The second-order valence-corrected chi connectivity index (χ2v) is 3.71. The SMILES string of the molecule is CCCNC(=O)CNc1cccc(Cl)c1F. The summed E-state index contributed by atoms with van der Waals surface area (Å²) >= 11 is 5.60. The molecule has 0 unspecified atom stereocenters. The van der Waals surface area contributed by atoms with Crippen LogP contribution in [0.1, 0.15) is 13.3 Å². The Kier molecular flexibility index (Phi) is 5.05. The van der Waals surface area contributed by atoms with E-state index < -0.39 is 5.82 Å². The van der Waals surface area contributed by atoms with Gasteiger partial charge in [0.25, 0.3) is 0 Å². The van der Waals surface area contributed by atoms with Gasteiger partial charge in [0.2, 0.25) is 5.91 Å². The van der Waals surface area contributed by atoms with Gasteiger partial charge in [-0.05, 0) is 18.6 Å². The molecule has 0 radical (unpaired) electrons. The minimum Gasteiger partial charge on any atom is -0.374 e. The molecule has 0 saturated heterocycles. The summed E-state index contributed by atoms with van der Waals surface area (Å²) in [6.07, 6.45) is 0.872. The fourth-order valence-corrected chi connectivity index (χ4v) is 1.32. The monoisotopic (exact) mass is 244 g/mol. The van der Waals surface area contributed by atoms with Crippen molar-refractivity contribution in [3.63, 3.8) is 0 Å². The molecule has 1 rings (SSSR count). The fourth-order valence-electron chi connectivity index (χ4n) is 1.14. The highest BCUT2D eigenvalue weighted by atomic mass is 35.5. The zero-order valence-corrected chi connectivity index (χ0v) is 9.77. The molecule has 0 aliphatic heterocycles. The van der Waals surface area contributed by atoms with E-state index in [2.05, 4.69) is 10.6 Å². The zero-order chi connectivity index (χ0) is 12.0. The number of hydrogen-bond acceptors (Lipinski definition) is 2. The van der Waals surface area contributed by atoms with Crippen LogP contribution >= 0.6 is 11.6 Å². The molecule has 3 nitrogen and oxygen atoms in total. The van der Waals surface area contributed by atoms with Gasteiger partial charge >= 0.3 is 0 Å². The first kappa shape index (κ1) is 12.8. The molecular formula is C11H14ClFN2O. The van der Waals surface area contributed by atoms with E-state index in [4.69, 9.17) is 11.6 Å². The number of halogens is 2. The molecule has 0 aliphatic carbocycles. The molecule has 0 aliphatic rings. The van der Waals surface area contributed by atoms with E-state index in [1.54, 1.807) is 6.07 Å². The molecule has 0 heterocycles. The van der Waals surface area contributed by atoms with Crippen molar-refractivity contribution in [3.8, 4) is 0 Å². The van der Waals surface area contributed by atoms with Gasteiger partial charge in [-0.2, -0.15) is 0 Å². The molecule has 16 heavy (non-hydrogen) atoms. The Labute approximate surface area is 99.0 Å². The molecule has 1 aromatic carbocycles. The van der Waals surface area contributed by atoms with Gasteiger partial charge in [0, 0.05) is 6.54 Å². The topological polar surface area (TPSA) is 41.1 Å². The Morgan fingerprint density at radius 2 is 2.25 bits per heavy atom. The van der Waals surface area contributed by atoms with Crippen LogP contribution < -0.4 is 10.6 Å². The van der Waals surface area contributed by atoms with Gasteiger partial charge in [-0.15, -0.1) is 0 Å². The van der Waals surface area contributed by atoms with E-state index in [0.29, 0.717) is 6.54 Å². The summed E-state index contributed by atoms with van der Waals surface area (Å²) in [4.78, 5) is 11.2. The van der Waals surface area contributed by atoms with Crippen molar-refractivity contribution in [1.82, 2.24) is 5.32 Å². The maximum Gasteiger partial charge on any atom is 0.239 e. The van der Waals surface area contributed by atoms with E-state index in [1.807, 2.05) is 6.92 Å². The fraction of sp³-hybridized carbons (Fsp3) is 0.364. The number of amides is 1. The van der Waals surface area contributed by atoms with Crippen LogP contribution in [0, 0.1) is 5.82 Å². The third kappa shape index (κ3) is 3.70. The zero-order valence-electron chi connectivity index (χ0n) is 9.02. The van der Waals surface area contributed by atoms with Crippen LogP contribution in [0.15, 0.2) is 18.2 Å². The number of rotatable bonds is 5. The van der Waals surface area contributed by atoms with E-state index in [9.17, 15) is 9.18 Å². The number of anilines is 1. The molecule has 0 saturated carbocycles. The second-order valence-electron chi connectivity index (χ2n) is 3.30. The lowest BCUT2D eigenvalue weighted by atomic mass is 10.3. The molecule has 0 aromatic heterocycles. The highest BCUT2D eigenvalue weighted by Crippen LogP contribution is 2.21. The van der Waals surface area contributed by atoms with Crippen molar-refractivity contribution in [2.45, 2.75) is 13.3 Å². The van der Waals surface area contributed by atoms with Gasteiger partial charge in [0.1, 0.15) is 0 Å². The van der Waals surface area contributed by atoms with Crippen LogP contribution in [0.2, 0.25) is 5.02 Å². The highest BCUT2D eigenvalue weighted by Gasteiger charge is 2.06. The lowest BCUT2D eigenvalue weighted by molar-refractivity contribution is -0.119. The van der Waals surface area contributed by atoms with Crippen molar-refractivity contribution in [3.05, 3.63) is 29.0 Å². The van der Waals surface area contributed by atoms with Crippen LogP contribution in [-0.4, -0.2) is 19.0 Å². The Balaban J connectivity index is 2.48. The maximum atomic E-state index is 13.4. The minimum absolute atomic E-state index is 0.0390.